The van der Waals surface area contributed by atoms with Crippen molar-refractivity contribution in [3.05, 3.63) is 47.5 Å². The quantitative estimate of drug-likeness (QED) is 0.777. The molecule has 1 amide bonds. The predicted molar refractivity (Wildman–Crippen MR) is 99.5 cm³/mol. The Bertz CT molecular complexity index is 809. The number of fused-ring (bicyclic) bond motifs is 1. The van der Waals surface area contributed by atoms with Crippen molar-refractivity contribution in [3.8, 4) is 11.5 Å². The fourth-order valence-corrected chi connectivity index (χ4v) is 2.88. The molecule has 3 N–H and O–H groups in total. The van der Waals surface area contributed by atoms with E-state index in [0.717, 1.165) is 16.8 Å². The van der Waals surface area contributed by atoms with Crippen LogP contribution in [0.3, 0.4) is 0 Å². The van der Waals surface area contributed by atoms with Crippen LogP contribution < -0.4 is 15.4 Å². The van der Waals surface area contributed by atoms with Gasteiger partial charge in [-0.3, -0.25) is 4.79 Å². The molecular weight excluding hydrogens is 316 g/mol. The number of carbonyl (C=O) groups is 1. The van der Waals surface area contributed by atoms with E-state index in [1.54, 1.807) is 12.1 Å². The molecule has 5 nitrogen and oxygen atoms in total. The minimum absolute atomic E-state index is 0.162. The van der Waals surface area contributed by atoms with Crippen LogP contribution in [0.15, 0.2) is 36.4 Å². The second kappa shape index (κ2) is 6.31. The lowest BCUT2D eigenvalue weighted by atomic mass is 9.86. The molecule has 0 saturated heterocycles. The lowest BCUT2D eigenvalue weighted by molar-refractivity contribution is -0.122. The maximum atomic E-state index is 12.5. The zero-order valence-corrected chi connectivity index (χ0v) is 15.0. The molecule has 3 rings (SSSR count). The summed E-state index contributed by atoms with van der Waals surface area (Å²) in [7, 11) is 0. The van der Waals surface area contributed by atoms with Crippen LogP contribution in [0.2, 0.25) is 0 Å². The Balaban J connectivity index is 1.72. The molecule has 0 aromatic heterocycles. The van der Waals surface area contributed by atoms with Crippen LogP contribution >= 0.6 is 0 Å². The third kappa shape index (κ3) is 3.71. The van der Waals surface area contributed by atoms with E-state index in [2.05, 4.69) is 10.6 Å². The van der Waals surface area contributed by atoms with E-state index < -0.39 is 6.10 Å². The number of nitrogens with one attached hydrogen (secondary N) is 2. The highest BCUT2D eigenvalue weighted by atomic mass is 16.5. The number of aromatic hydroxyl groups is 1. The fraction of sp³-hybridized carbons (Fsp3) is 0.350. The highest BCUT2D eigenvalue weighted by molar-refractivity contribution is 5.95. The minimum Gasteiger partial charge on any atom is -0.508 e. The third-order valence-electron chi connectivity index (χ3n) is 4.25. The van der Waals surface area contributed by atoms with Gasteiger partial charge in [-0.15, -0.1) is 0 Å². The SMILES string of the molecule is Cc1ccc2c(c1)OC(C(=O)Nc1ccc(C(C)(C)C)c(O)c1)CN2. The molecule has 0 bridgehead atoms. The Kier molecular flexibility index (Phi) is 4.33. The molecular formula is C20H24N2O3. The number of amides is 1. The number of phenols is 1. The first-order chi connectivity index (χ1) is 11.7. The summed E-state index contributed by atoms with van der Waals surface area (Å²) in [5.41, 5.74) is 3.19. The van der Waals surface area contributed by atoms with Crippen LogP contribution in [0.1, 0.15) is 31.9 Å². The number of hydrogen-bond acceptors (Lipinski definition) is 4. The highest BCUT2D eigenvalue weighted by Crippen LogP contribution is 2.33. The predicted octanol–water partition coefficient (Wildman–Crippen LogP) is 3.81. The molecule has 1 unspecified atom stereocenters. The number of benzene rings is 2. The molecule has 2 aromatic rings. The van der Waals surface area contributed by atoms with Gasteiger partial charge >= 0.3 is 0 Å². The Morgan fingerprint density at radius 2 is 2.00 bits per heavy atom. The van der Waals surface area contributed by atoms with Crippen LogP contribution in [0.25, 0.3) is 0 Å². The van der Waals surface area contributed by atoms with Crippen LogP contribution in [-0.4, -0.2) is 23.7 Å². The van der Waals surface area contributed by atoms with E-state index in [-0.39, 0.29) is 17.1 Å². The van der Waals surface area contributed by atoms with Gasteiger partial charge in [0.05, 0.1) is 12.2 Å². The molecule has 0 spiro atoms. The third-order valence-corrected chi connectivity index (χ3v) is 4.25. The van der Waals surface area contributed by atoms with E-state index in [0.29, 0.717) is 18.0 Å². The van der Waals surface area contributed by atoms with Gasteiger partial charge in [0.25, 0.3) is 5.91 Å². The van der Waals surface area contributed by atoms with Crippen molar-refractivity contribution in [2.24, 2.45) is 0 Å². The van der Waals surface area contributed by atoms with Crippen molar-refractivity contribution in [3.63, 3.8) is 0 Å². The van der Waals surface area contributed by atoms with Crippen molar-refractivity contribution in [1.82, 2.24) is 0 Å². The number of hydrogen-bond donors (Lipinski definition) is 3. The number of anilines is 2. The van der Waals surface area contributed by atoms with Gasteiger partial charge in [-0.1, -0.05) is 32.9 Å². The van der Waals surface area contributed by atoms with Crippen molar-refractivity contribution >= 4 is 17.3 Å². The van der Waals surface area contributed by atoms with Crippen LogP contribution in [0.5, 0.6) is 11.5 Å². The summed E-state index contributed by atoms with van der Waals surface area (Å²) in [4.78, 5) is 12.5. The maximum Gasteiger partial charge on any atom is 0.267 e. The van der Waals surface area contributed by atoms with E-state index in [4.69, 9.17) is 4.74 Å². The topological polar surface area (TPSA) is 70.6 Å². The summed E-state index contributed by atoms with van der Waals surface area (Å²) in [6, 6.07) is 11.1. The molecule has 0 saturated carbocycles. The standard InChI is InChI=1S/C20H24N2O3/c1-12-5-8-15-17(9-12)25-18(11-21-15)19(24)22-13-6-7-14(16(23)10-13)20(2,3)4/h5-10,18,21,23H,11H2,1-4H3,(H,22,24). The second-order valence-corrected chi connectivity index (χ2v) is 7.46. The average molecular weight is 340 g/mol. The number of rotatable bonds is 2. The van der Waals surface area contributed by atoms with E-state index in [1.807, 2.05) is 52.0 Å². The fourth-order valence-electron chi connectivity index (χ4n) is 2.88. The first-order valence-corrected chi connectivity index (χ1v) is 8.39. The highest BCUT2D eigenvalue weighted by Gasteiger charge is 2.26. The molecule has 1 atom stereocenters. The van der Waals surface area contributed by atoms with E-state index in [9.17, 15) is 9.90 Å². The summed E-state index contributed by atoms with van der Waals surface area (Å²) >= 11 is 0. The molecule has 2 aromatic carbocycles. The smallest absolute Gasteiger partial charge is 0.267 e. The number of ether oxygens (including phenoxy) is 1. The summed E-state index contributed by atoms with van der Waals surface area (Å²) in [5.74, 6) is 0.605. The molecule has 5 heteroatoms. The summed E-state index contributed by atoms with van der Waals surface area (Å²) in [6.45, 7) is 8.46. The molecule has 0 radical (unpaired) electrons. The zero-order chi connectivity index (χ0) is 18.2. The summed E-state index contributed by atoms with van der Waals surface area (Å²) in [5, 5.41) is 16.2. The van der Waals surface area contributed by atoms with Crippen molar-refractivity contribution in [2.75, 3.05) is 17.2 Å². The van der Waals surface area contributed by atoms with Gasteiger partial charge in [0, 0.05) is 11.8 Å². The Morgan fingerprint density at radius 1 is 1.24 bits per heavy atom. The Hall–Kier alpha value is -2.69. The van der Waals surface area contributed by atoms with Crippen molar-refractivity contribution in [1.29, 1.82) is 0 Å². The molecule has 1 aliphatic rings. The minimum atomic E-state index is -0.626. The first-order valence-electron chi connectivity index (χ1n) is 8.39. The molecule has 25 heavy (non-hydrogen) atoms. The maximum absolute atomic E-state index is 12.5. The van der Waals surface area contributed by atoms with Gasteiger partial charge in [-0.05, 0) is 41.7 Å². The average Bonchev–Trinajstić information content (AvgIpc) is 2.52. The van der Waals surface area contributed by atoms with E-state index in [1.165, 1.54) is 0 Å². The number of carbonyl (C=O) groups excluding carboxylic acids is 1. The van der Waals surface area contributed by atoms with Gasteiger partial charge in [0.1, 0.15) is 11.5 Å². The zero-order valence-electron chi connectivity index (χ0n) is 15.0. The Labute approximate surface area is 148 Å². The van der Waals surface area contributed by atoms with Crippen molar-refractivity contribution in [2.45, 2.75) is 39.2 Å². The summed E-state index contributed by atoms with van der Waals surface area (Å²) < 4.78 is 5.82. The molecule has 1 heterocycles. The van der Waals surface area contributed by atoms with Crippen LogP contribution in [0.4, 0.5) is 11.4 Å². The number of phenolic OH excluding ortho intramolecular Hbond substituents is 1. The monoisotopic (exact) mass is 340 g/mol. The summed E-state index contributed by atoms with van der Waals surface area (Å²) in [6.07, 6.45) is -0.626. The molecule has 132 valence electrons. The molecule has 0 fully saturated rings. The largest absolute Gasteiger partial charge is 0.508 e. The second-order valence-electron chi connectivity index (χ2n) is 7.46. The lowest BCUT2D eigenvalue weighted by Gasteiger charge is -2.27. The van der Waals surface area contributed by atoms with E-state index >= 15 is 0 Å². The van der Waals surface area contributed by atoms with Gasteiger partial charge < -0.3 is 20.5 Å². The van der Waals surface area contributed by atoms with Gasteiger partial charge in [0.15, 0.2) is 6.10 Å². The van der Waals surface area contributed by atoms with Crippen molar-refractivity contribution < 1.29 is 14.6 Å². The van der Waals surface area contributed by atoms with Gasteiger partial charge in [0.2, 0.25) is 0 Å². The van der Waals surface area contributed by atoms with Gasteiger partial charge in [-0.25, -0.2) is 0 Å². The normalized spacial score (nSPS) is 16.4. The molecule has 0 aliphatic carbocycles. The first kappa shape index (κ1) is 17.1. The number of aryl methyl sites for hydroxylation is 1. The Morgan fingerprint density at radius 3 is 2.68 bits per heavy atom. The van der Waals surface area contributed by atoms with Crippen LogP contribution in [-0.2, 0) is 10.2 Å². The lowest BCUT2D eigenvalue weighted by Crippen LogP contribution is -2.41. The van der Waals surface area contributed by atoms with Gasteiger partial charge in [-0.2, -0.15) is 0 Å². The van der Waals surface area contributed by atoms with Crippen LogP contribution in [0, 0.1) is 6.92 Å². The molecule has 1 aliphatic heterocycles.